The van der Waals surface area contributed by atoms with E-state index in [2.05, 4.69) is 63.7 Å². The van der Waals surface area contributed by atoms with Crippen LogP contribution in [-0.2, 0) is 14.3 Å². The Morgan fingerprint density at radius 1 is 1.11 bits per heavy atom. The number of benzene rings is 1. The highest BCUT2D eigenvalue weighted by Gasteiger charge is 2.39. The van der Waals surface area contributed by atoms with Crippen molar-refractivity contribution in [2.24, 2.45) is 0 Å². The van der Waals surface area contributed by atoms with E-state index < -0.39 is 18.2 Å². The fraction of sp³-hybridized carbons (Fsp3) is 0.200. The van der Waals surface area contributed by atoms with E-state index >= 15 is 0 Å². The number of hydrogen-bond acceptors (Lipinski definition) is 4. The minimum atomic E-state index is -1.03. The van der Waals surface area contributed by atoms with Gasteiger partial charge in [-0.15, -0.1) is 0 Å². The van der Waals surface area contributed by atoms with Crippen molar-refractivity contribution in [3.05, 3.63) is 29.0 Å². The third-order valence-corrected chi connectivity index (χ3v) is 7.03. The Labute approximate surface area is 136 Å². The highest BCUT2D eigenvalue weighted by atomic mass is 79.9. The van der Waals surface area contributed by atoms with Crippen LogP contribution in [0.5, 0.6) is 0 Å². The van der Waals surface area contributed by atoms with Crippen LogP contribution in [0.15, 0.2) is 17.9 Å². The SMILES string of the molecule is CC(=O)OC1OC(=O)c2c(Br)c(Br)c(Br)c(Br)c21. The van der Waals surface area contributed by atoms with Crippen LogP contribution in [0.1, 0.15) is 29.1 Å². The zero-order valence-electron chi connectivity index (χ0n) is 8.72. The smallest absolute Gasteiger partial charge is 0.343 e. The summed E-state index contributed by atoms with van der Waals surface area (Å²) in [5.41, 5.74) is 0.820. The Kier molecular flexibility index (Phi) is 4.20. The van der Waals surface area contributed by atoms with Crippen molar-refractivity contribution < 1.29 is 19.1 Å². The van der Waals surface area contributed by atoms with Crippen molar-refractivity contribution in [1.82, 2.24) is 0 Å². The van der Waals surface area contributed by atoms with Crippen LogP contribution in [0, 0.1) is 0 Å². The number of hydrogen-bond donors (Lipinski definition) is 0. The van der Waals surface area contributed by atoms with Crippen molar-refractivity contribution in [3.8, 4) is 0 Å². The molecule has 0 saturated carbocycles. The van der Waals surface area contributed by atoms with Gasteiger partial charge >= 0.3 is 11.9 Å². The Morgan fingerprint density at radius 2 is 1.67 bits per heavy atom. The molecule has 0 spiro atoms. The van der Waals surface area contributed by atoms with Crippen molar-refractivity contribution in [2.45, 2.75) is 13.2 Å². The molecule has 0 N–H and O–H groups in total. The van der Waals surface area contributed by atoms with Gasteiger partial charge in [-0.1, -0.05) is 0 Å². The fourth-order valence-electron chi connectivity index (χ4n) is 1.52. The molecule has 1 atom stereocenters. The van der Waals surface area contributed by atoms with Gasteiger partial charge < -0.3 is 9.47 Å². The highest BCUT2D eigenvalue weighted by Crippen LogP contribution is 2.48. The molecule has 1 aromatic rings. The Balaban J connectivity index is 2.67. The molecular weight excluding hydrogens is 504 g/mol. The number of cyclic esters (lactones) is 1. The molecule has 0 saturated heterocycles. The number of fused-ring (bicyclic) bond motifs is 1. The summed E-state index contributed by atoms with van der Waals surface area (Å²) in [6.07, 6.45) is -1.03. The number of halogens is 4. The number of ether oxygens (including phenoxy) is 2. The molecule has 0 radical (unpaired) electrons. The highest BCUT2D eigenvalue weighted by molar-refractivity contribution is 9.15. The third-order valence-electron chi connectivity index (χ3n) is 2.23. The molecule has 0 bridgehead atoms. The van der Waals surface area contributed by atoms with Crippen molar-refractivity contribution in [3.63, 3.8) is 0 Å². The summed E-state index contributed by atoms with van der Waals surface area (Å²) in [5.74, 6) is -1.07. The van der Waals surface area contributed by atoms with Crippen LogP contribution in [0.4, 0.5) is 0 Å². The molecule has 1 aromatic carbocycles. The molecule has 0 fully saturated rings. The van der Waals surface area contributed by atoms with Crippen LogP contribution in [-0.4, -0.2) is 11.9 Å². The lowest BCUT2D eigenvalue weighted by Crippen LogP contribution is -2.08. The first-order valence-electron chi connectivity index (χ1n) is 4.58. The second-order valence-electron chi connectivity index (χ2n) is 3.39. The van der Waals surface area contributed by atoms with Crippen LogP contribution < -0.4 is 0 Å². The quantitative estimate of drug-likeness (QED) is 0.320. The second-order valence-corrected chi connectivity index (χ2v) is 6.56. The predicted octanol–water partition coefficient (Wildman–Crippen LogP) is 4.47. The number of carbonyl (C=O) groups excluding carboxylic acids is 2. The van der Waals surface area contributed by atoms with E-state index in [1.54, 1.807) is 0 Å². The predicted molar refractivity (Wildman–Crippen MR) is 77.2 cm³/mol. The average Bonchev–Trinajstić information content (AvgIpc) is 2.59. The molecule has 0 aromatic heterocycles. The zero-order chi connectivity index (χ0) is 13.6. The largest absolute Gasteiger partial charge is 0.421 e. The lowest BCUT2D eigenvalue weighted by atomic mass is 10.1. The normalized spacial score (nSPS) is 17.4. The van der Waals surface area contributed by atoms with Crippen LogP contribution in [0.3, 0.4) is 0 Å². The van der Waals surface area contributed by atoms with Gasteiger partial charge in [-0.3, -0.25) is 4.79 Å². The summed E-state index contributed by atoms with van der Waals surface area (Å²) in [6.45, 7) is 1.25. The van der Waals surface area contributed by atoms with Crippen LogP contribution in [0.25, 0.3) is 0 Å². The van der Waals surface area contributed by atoms with E-state index in [-0.39, 0.29) is 0 Å². The van der Waals surface area contributed by atoms with Gasteiger partial charge in [0.05, 0.1) is 11.1 Å². The van der Waals surface area contributed by atoms with Gasteiger partial charge in [0.15, 0.2) is 0 Å². The molecule has 0 aliphatic carbocycles. The summed E-state index contributed by atoms with van der Waals surface area (Å²) in [4.78, 5) is 22.8. The number of carbonyl (C=O) groups is 2. The van der Waals surface area contributed by atoms with Gasteiger partial charge in [0, 0.05) is 24.8 Å². The van der Waals surface area contributed by atoms with Gasteiger partial charge in [0.1, 0.15) is 0 Å². The monoisotopic (exact) mass is 504 g/mol. The lowest BCUT2D eigenvalue weighted by Gasteiger charge is -2.13. The van der Waals surface area contributed by atoms with Crippen molar-refractivity contribution in [2.75, 3.05) is 0 Å². The van der Waals surface area contributed by atoms with E-state index in [9.17, 15) is 9.59 Å². The van der Waals surface area contributed by atoms with Crippen molar-refractivity contribution >= 4 is 75.7 Å². The minimum Gasteiger partial charge on any atom is -0.421 e. The van der Waals surface area contributed by atoms with Crippen LogP contribution in [0.2, 0.25) is 0 Å². The maximum Gasteiger partial charge on any atom is 0.343 e. The van der Waals surface area contributed by atoms with Gasteiger partial charge in [-0.05, 0) is 63.7 Å². The summed E-state index contributed by atoms with van der Waals surface area (Å²) < 4.78 is 12.5. The maximum atomic E-state index is 11.8. The minimum absolute atomic E-state index is 0.336. The molecule has 1 unspecified atom stereocenters. The molecule has 1 aliphatic rings. The first kappa shape index (κ1) is 14.5. The van der Waals surface area contributed by atoms with Gasteiger partial charge in [-0.2, -0.15) is 0 Å². The Morgan fingerprint density at radius 3 is 2.22 bits per heavy atom. The molecule has 8 heteroatoms. The van der Waals surface area contributed by atoms with E-state index in [1.807, 2.05) is 0 Å². The maximum absolute atomic E-state index is 11.8. The van der Waals surface area contributed by atoms with Gasteiger partial charge in [-0.25, -0.2) is 4.79 Å². The molecule has 1 aliphatic heterocycles. The third kappa shape index (κ3) is 2.28. The summed E-state index contributed by atoms with van der Waals surface area (Å²) in [7, 11) is 0. The molecular formula is C10H4Br4O4. The first-order chi connectivity index (χ1) is 8.34. The Hall–Kier alpha value is 0.0800. The molecule has 2 rings (SSSR count). The van der Waals surface area contributed by atoms with E-state index in [4.69, 9.17) is 9.47 Å². The lowest BCUT2D eigenvalue weighted by molar-refractivity contribution is -0.164. The second kappa shape index (κ2) is 5.22. The molecule has 4 nitrogen and oxygen atoms in total. The average molecular weight is 508 g/mol. The molecule has 18 heavy (non-hydrogen) atoms. The van der Waals surface area contributed by atoms with Gasteiger partial charge in [0.2, 0.25) is 0 Å². The van der Waals surface area contributed by atoms with Crippen molar-refractivity contribution in [1.29, 1.82) is 0 Å². The fourth-order valence-corrected chi connectivity index (χ4v) is 4.02. The zero-order valence-corrected chi connectivity index (χ0v) is 15.1. The summed E-state index contributed by atoms with van der Waals surface area (Å²) in [6, 6.07) is 0. The van der Waals surface area contributed by atoms with E-state index in [0.717, 1.165) is 0 Å². The number of rotatable bonds is 1. The molecule has 0 amide bonds. The molecule has 96 valence electrons. The van der Waals surface area contributed by atoms with Gasteiger partial charge in [0.25, 0.3) is 6.29 Å². The van der Waals surface area contributed by atoms with Crippen LogP contribution >= 0.6 is 63.7 Å². The number of esters is 2. The topological polar surface area (TPSA) is 52.6 Å². The summed E-state index contributed by atoms with van der Waals surface area (Å²) in [5, 5.41) is 0. The standard InChI is InChI=1S/C10H4Br4O4/c1-2(15)17-10-4-3(9(16)18-10)5(11)7(13)8(14)6(4)12/h10H,1H3. The summed E-state index contributed by atoms with van der Waals surface area (Å²) >= 11 is 13.4. The molecule has 1 heterocycles. The Bertz CT molecular complexity index is 570. The van der Waals surface area contributed by atoms with E-state index in [0.29, 0.717) is 29.0 Å². The van der Waals surface area contributed by atoms with E-state index in [1.165, 1.54) is 6.92 Å². The first-order valence-corrected chi connectivity index (χ1v) is 7.75.